The Morgan fingerprint density at radius 3 is 2.58 bits per heavy atom. The fourth-order valence-electron chi connectivity index (χ4n) is 2.59. The molecular weight excluding hydrogens is 242 g/mol. The molecule has 1 amide bonds. The molecule has 0 radical (unpaired) electrons. The smallest absolute Gasteiger partial charge is 0.248 e. The van der Waals surface area contributed by atoms with Crippen molar-refractivity contribution in [3.8, 4) is 0 Å². The average Bonchev–Trinajstić information content (AvgIpc) is 2.39. The molecular formula is C14H21N3O2. The molecule has 1 aromatic rings. The molecule has 1 fully saturated rings. The van der Waals surface area contributed by atoms with Crippen molar-refractivity contribution in [3.05, 3.63) is 23.8 Å². The number of aliphatic hydroxyl groups excluding tert-OH is 1. The van der Waals surface area contributed by atoms with Gasteiger partial charge in [0.1, 0.15) is 0 Å². The molecule has 5 N–H and O–H groups in total. The number of nitrogens with two attached hydrogens (primary N) is 2. The number of piperidine rings is 1. The molecule has 1 saturated heterocycles. The van der Waals surface area contributed by atoms with Crippen LogP contribution in [-0.4, -0.2) is 30.2 Å². The van der Waals surface area contributed by atoms with E-state index in [4.69, 9.17) is 11.5 Å². The van der Waals surface area contributed by atoms with E-state index in [2.05, 4.69) is 4.90 Å². The van der Waals surface area contributed by atoms with E-state index in [0.717, 1.165) is 31.6 Å². The van der Waals surface area contributed by atoms with E-state index in [-0.39, 0.29) is 6.10 Å². The van der Waals surface area contributed by atoms with Crippen molar-refractivity contribution in [2.24, 2.45) is 11.7 Å². The fraction of sp³-hybridized carbons (Fsp3) is 0.500. The number of primary amides is 1. The number of nitrogens with zero attached hydrogens (tertiary/aromatic N) is 1. The summed E-state index contributed by atoms with van der Waals surface area (Å²) in [5, 5.41) is 9.60. The molecule has 104 valence electrons. The maximum Gasteiger partial charge on any atom is 0.248 e. The van der Waals surface area contributed by atoms with Crippen LogP contribution in [0.1, 0.15) is 30.1 Å². The summed E-state index contributed by atoms with van der Waals surface area (Å²) < 4.78 is 0. The molecule has 0 saturated carbocycles. The summed E-state index contributed by atoms with van der Waals surface area (Å²) in [6.07, 6.45) is 1.59. The first-order chi connectivity index (χ1) is 8.99. The van der Waals surface area contributed by atoms with Gasteiger partial charge in [0.25, 0.3) is 0 Å². The first-order valence-corrected chi connectivity index (χ1v) is 6.61. The first-order valence-electron chi connectivity index (χ1n) is 6.61. The van der Waals surface area contributed by atoms with Crippen LogP contribution in [0.2, 0.25) is 0 Å². The highest BCUT2D eigenvalue weighted by atomic mass is 16.3. The Labute approximate surface area is 113 Å². The SMILES string of the molecule is CC(O)C1CCN(c2cc(C(N)=O)ccc2N)CC1. The van der Waals surface area contributed by atoms with E-state index < -0.39 is 5.91 Å². The van der Waals surface area contributed by atoms with Crippen molar-refractivity contribution < 1.29 is 9.90 Å². The largest absolute Gasteiger partial charge is 0.397 e. The normalized spacial score (nSPS) is 18.3. The summed E-state index contributed by atoms with van der Waals surface area (Å²) in [6.45, 7) is 3.51. The van der Waals surface area contributed by atoms with E-state index in [1.807, 2.05) is 6.92 Å². The van der Waals surface area contributed by atoms with Crippen LogP contribution in [0.25, 0.3) is 0 Å². The molecule has 0 spiro atoms. The summed E-state index contributed by atoms with van der Waals surface area (Å²) in [5.41, 5.74) is 13.3. The van der Waals surface area contributed by atoms with Crippen molar-refractivity contribution in [1.29, 1.82) is 0 Å². The molecule has 1 aromatic carbocycles. The van der Waals surface area contributed by atoms with Gasteiger partial charge in [0, 0.05) is 18.7 Å². The zero-order chi connectivity index (χ0) is 14.0. The second-order valence-electron chi connectivity index (χ2n) is 5.20. The van der Waals surface area contributed by atoms with Gasteiger partial charge in [-0.3, -0.25) is 4.79 Å². The molecule has 1 heterocycles. The van der Waals surface area contributed by atoms with E-state index in [1.54, 1.807) is 18.2 Å². The van der Waals surface area contributed by atoms with E-state index >= 15 is 0 Å². The number of carbonyl (C=O) groups is 1. The van der Waals surface area contributed by atoms with Gasteiger partial charge < -0.3 is 21.5 Å². The van der Waals surface area contributed by atoms with Crippen LogP contribution >= 0.6 is 0 Å². The predicted octanol–water partition coefficient (Wildman–Crippen LogP) is 0.965. The van der Waals surface area contributed by atoms with Crippen LogP contribution in [0.4, 0.5) is 11.4 Å². The fourth-order valence-corrected chi connectivity index (χ4v) is 2.59. The number of benzene rings is 1. The number of amides is 1. The van der Waals surface area contributed by atoms with Crippen molar-refractivity contribution in [2.45, 2.75) is 25.9 Å². The van der Waals surface area contributed by atoms with Gasteiger partial charge in [-0.05, 0) is 43.9 Å². The average molecular weight is 263 g/mol. The van der Waals surface area contributed by atoms with Crippen molar-refractivity contribution in [1.82, 2.24) is 0 Å². The Kier molecular flexibility index (Phi) is 3.95. The van der Waals surface area contributed by atoms with Gasteiger partial charge in [-0.15, -0.1) is 0 Å². The summed E-state index contributed by atoms with van der Waals surface area (Å²) in [5.74, 6) is -0.100. The van der Waals surface area contributed by atoms with Gasteiger partial charge in [0.05, 0.1) is 17.5 Å². The number of nitrogen functional groups attached to an aromatic ring is 1. The van der Waals surface area contributed by atoms with Crippen LogP contribution in [0.5, 0.6) is 0 Å². The van der Waals surface area contributed by atoms with Gasteiger partial charge >= 0.3 is 0 Å². The number of hydrogen-bond acceptors (Lipinski definition) is 4. The molecule has 1 aliphatic heterocycles. The second kappa shape index (κ2) is 5.48. The standard InChI is InChI=1S/C14H21N3O2/c1-9(18)10-4-6-17(7-5-10)13-8-11(14(16)19)2-3-12(13)15/h2-3,8-10,18H,4-7,15H2,1H3,(H2,16,19). The quantitative estimate of drug-likeness (QED) is 0.708. The predicted molar refractivity (Wildman–Crippen MR) is 76.0 cm³/mol. The highest BCUT2D eigenvalue weighted by Gasteiger charge is 2.24. The summed E-state index contributed by atoms with van der Waals surface area (Å²) >= 11 is 0. The topological polar surface area (TPSA) is 92.6 Å². The maximum atomic E-state index is 11.2. The number of hydrogen-bond donors (Lipinski definition) is 3. The number of carbonyl (C=O) groups excluding carboxylic acids is 1. The number of anilines is 2. The van der Waals surface area contributed by atoms with Crippen LogP contribution in [0.15, 0.2) is 18.2 Å². The lowest BCUT2D eigenvalue weighted by atomic mass is 9.92. The highest BCUT2D eigenvalue weighted by Crippen LogP contribution is 2.30. The number of aliphatic hydroxyl groups is 1. The Morgan fingerprint density at radius 1 is 1.42 bits per heavy atom. The Hall–Kier alpha value is -1.75. The molecule has 5 nitrogen and oxygen atoms in total. The summed E-state index contributed by atoms with van der Waals surface area (Å²) in [6, 6.07) is 5.11. The minimum Gasteiger partial charge on any atom is -0.397 e. The molecule has 0 aliphatic carbocycles. The van der Waals surface area contributed by atoms with E-state index in [9.17, 15) is 9.90 Å². The lowest BCUT2D eigenvalue weighted by Crippen LogP contribution is -2.37. The molecule has 1 aliphatic rings. The van der Waals surface area contributed by atoms with Gasteiger partial charge in [-0.25, -0.2) is 0 Å². The van der Waals surface area contributed by atoms with E-state index in [0.29, 0.717) is 17.2 Å². The molecule has 0 aromatic heterocycles. The maximum absolute atomic E-state index is 11.2. The summed E-state index contributed by atoms with van der Waals surface area (Å²) in [7, 11) is 0. The zero-order valence-electron chi connectivity index (χ0n) is 11.2. The Balaban J connectivity index is 2.15. The van der Waals surface area contributed by atoms with Crippen LogP contribution in [-0.2, 0) is 0 Å². The first kappa shape index (κ1) is 13.7. The second-order valence-corrected chi connectivity index (χ2v) is 5.20. The number of rotatable bonds is 3. The lowest BCUT2D eigenvalue weighted by molar-refractivity contribution is 0.100. The third-order valence-electron chi connectivity index (χ3n) is 3.88. The van der Waals surface area contributed by atoms with Crippen LogP contribution < -0.4 is 16.4 Å². The van der Waals surface area contributed by atoms with Crippen molar-refractivity contribution in [2.75, 3.05) is 23.7 Å². The van der Waals surface area contributed by atoms with Crippen LogP contribution in [0, 0.1) is 5.92 Å². The minimum absolute atomic E-state index is 0.267. The zero-order valence-corrected chi connectivity index (χ0v) is 11.2. The molecule has 1 unspecified atom stereocenters. The Morgan fingerprint density at radius 2 is 2.05 bits per heavy atom. The van der Waals surface area contributed by atoms with E-state index in [1.165, 1.54) is 0 Å². The monoisotopic (exact) mass is 263 g/mol. The third-order valence-corrected chi connectivity index (χ3v) is 3.88. The third kappa shape index (κ3) is 2.98. The molecule has 1 atom stereocenters. The van der Waals surface area contributed by atoms with Crippen molar-refractivity contribution >= 4 is 17.3 Å². The molecule has 5 heteroatoms. The molecule has 19 heavy (non-hydrogen) atoms. The van der Waals surface area contributed by atoms with Crippen molar-refractivity contribution in [3.63, 3.8) is 0 Å². The molecule has 0 bridgehead atoms. The minimum atomic E-state index is -0.444. The highest BCUT2D eigenvalue weighted by molar-refractivity contribution is 5.95. The van der Waals surface area contributed by atoms with Gasteiger partial charge in [-0.2, -0.15) is 0 Å². The van der Waals surface area contributed by atoms with Gasteiger partial charge in [0.2, 0.25) is 5.91 Å². The van der Waals surface area contributed by atoms with Crippen LogP contribution in [0.3, 0.4) is 0 Å². The molecule has 2 rings (SSSR count). The van der Waals surface area contributed by atoms with Gasteiger partial charge in [0.15, 0.2) is 0 Å². The Bertz CT molecular complexity index is 466. The van der Waals surface area contributed by atoms with Gasteiger partial charge in [-0.1, -0.05) is 0 Å². The lowest BCUT2D eigenvalue weighted by Gasteiger charge is -2.35. The summed E-state index contributed by atoms with van der Waals surface area (Å²) in [4.78, 5) is 13.4.